The summed E-state index contributed by atoms with van der Waals surface area (Å²) in [5, 5.41) is 7.63. The lowest BCUT2D eigenvalue weighted by atomic mass is 10.1. The van der Waals surface area contributed by atoms with E-state index in [1.165, 1.54) is 11.3 Å². The third kappa shape index (κ3) is 1.85. The molecule has 1 aromatic rings. The highest BCUT2D eigenvalue weighted by molar-refractivity contribution is 5.19. The van der Waals surface area contributed by atoms with Gasteiger partial charge in [-0.15, -0.1) is 0 Å². The van der Waals surface area contributed by atoms with Crippen LogP contribution in [-0.2, 0) is 20.0 Å². The lowest BCUT2D eigenvalue weighted by Gasteiger charge is -2.09. The van der Waals surface area contributed by atoms with E-state index in [4.69, 9.17) is 0 Å². The van der Waals surface area contributed by atoms with Gasteiger partial charge in [-0.3, -0.25) is 4.68 Å². The molecule has 0 spiro atoms. The zero-order chi connectivity index (χ0) is 8.97. The van der Waals surface area contributed by atoms with Gasteiger partial charge in [-0.1, -0.05) is 13.8 Å². The number of fused-ring (bicyclic) bond motifs is 1. The number of nitrogens with zero attached hydrogens (tertiary/aromatic N) is 2. The summed E-state index contributed by atoms with van der Waals surface area (Å²) in [6.07, 6.45) is 3.16. The molecule has 0 radical (unpaired) electrons. The standard InChI is InChI=1S/C7H11N3.C2H6/c1-10-5-6-4-8-3-2-7(6)9-10;1-2/h5,8H,2-4H2,1H3;1-2H3. The van der Waals surface area contributed by atoms with Crippen LogP contribution in [0.25, 0.3) is 0 Å². The molecule has 1 N–H and O–H groups in total. The normalized spacial score (nSPS) is 14.6. The van der Waals surface area contributed by atoms with E-state index in [0.29, 0.717) is 0 Å². The van der Waals surface area contributed by atoms with Gasteiger partial charge in [0.15, 0.2) is 0 Å². The highest BCUT2D eigenvalue weighted by Crippen LogP contribution is 2.09. The van der Waals surface area contributed by atoms with E-state index in [-0.39, 0.29) is 0 Å². The van der Waals surface area contributed by atoms with E-state index in [2.05, 4.69) is 16.6 Å². The molecule has 0 bridgehead atoms. The van der Waals surface area contributed by atoms with Crippen molar-refractivity contribution in [1.29, 1.82) is 0 Å². The minimum absolute atomic E-state index is 0.989. The van der Waals surface area contributed by atoms with E-state index < -0.39 is 0 Å². The van der Waals surface area contributed by atoms with Crippen LogP contribution in [0.2, 0.25) is 0 Å². The maximum atomic E-state index is 4.33. The van der Waals surface area contributed by atoms with Crippen LogP contribution in [0.3, 0.4) is 0 Å². The van der Waals surface area contributed by atoms with Gasteiger partial charge in [-0.2, -0.15) is 5.10 Å². The maximum Gasteiger partial charge on any atom is 0.0682 e. The van der Waals surface area contributed by atoms with Gasteiger partial charge in [0.05, 0.1) is 5.69 Å². The SMILES string of the molecule is CC.Cn1cc2c(n1)CCNC2. The molecule has 0 aliphatic carbocycles. The van der Waals surface area contributed by atoms with Crippen molar-refractivity contribution in [3.8, 4) is 0 Å². The summed E-state index contributed by atoms with van der Waals surface area (Å²) in [4.78, 5) is 0. The molecule has 1 aliphatic rings. The van der Waals surface area contributed by atoms with E-state index >= 15 is 0 Å². The van der Waals surface area contributed by atoms with Crippen LogP contribution in [0.4, 0.5) is 0 Å². The molecule has 2 rings (SSSR count). The van der Waals surface area contributed by atoms with E-state index in [1.54, 1.807) is 0 Å². The molecule has 68 valence electrons. The molecule has 0 unspecified atom stereocenters. The molecule has 12 heavy (non-hydrogen) atoms. The summed E-state index contributed by atoms with van der Waals surface area (Å²) in [5.74, 6) is 0. The molecule has 2 heterocycles. The van der Waals surface area contributed by atoms with Gasteiger partial charge >= 0.3 is 0 Å². The Kier molecular flexibility index (Phi) is 3.29. The van der Waals surface area contributed by atoms with E-state index in [0.717, 1.165) is 19.5 Å². The van der Waals surface area contributed by atoms with Crippen molar-refractivity contribution in [3.05, 3.63) is 17.5 Å². The van der Waals surface area contributed by atoms with Crippen molar-refractivity contribution < 1.29 is 0 Å². The highest BCUT2D eigenvalue weighted by Gasteiger charge is 2.10. The van der Waals surface area contributed by atoms with Gasteiger partial charge in [-0.25, -0.2) is 0 Å². The minimum atomic E-state index is 0.989. The van der Waals surface area contributed by atoms with Crippen LogP contribution in [0.15, 0.2) is 6.20 Å². The summed E-state index contributed by atoms with van der Waals surface area (Å²) in [5.41, 5.74) is 2.62. The van der Waals surface area contributed by atoms with Crippen LogP contribution in [0, 0.1) is 0 Å². The topological polar surface area (TPSA) is 29.9 Å². The molecular weight excluding hydrogens is 150 g/mol. The summed E-state index contributed by atoms with van der Waals surface area (Å²) in [7, 11) is 1.97. The highest BCUT2D eigenvalue weighted by atomic mass is 15.3. The summed E-state index contributed by atoms with van der Waals surface area (Å²) in [6.45, 7) is 6.06. The molecule has 0 atom stereocenters. The lowest BCUT2D eigenvalue weighted by Crippen LogP contribution is -2.22. The second-order valence-corrected chi connectivity index (χ2v) is 2.70. The Morgan fingerprint density at radius 1 is 1.50 bits per heavy atom. The van der Waals surface area contributed by atoms with Crippen LogP contribution in [0.1, 0.15) is 25.1 Å². The van der Waals surface area contributed by atoms with Gasteiger partial charge in [0.25, 0.3) is 0 Å². The van der Waals surface area contributed by atoms with Gasteiger partial charge in [0.1, 0.15) is 0 Å². The minimum Gasteiger partial charge on any atom is -0.312 e. The van der Waals surface area contributed by atoms with Crippen molar-refractivity contribution in [1.82, 2.24) is 15.1 Å². The predicted octanol–water partition coefficient (Wildman–Crippen LogP) is 1.09. The van der Waals surface area contributed by atoms with Crippen molar-refractivity contribution in [2.24, 2.45) is 7.05 Å². The Labute approximate surface area is 73.8 Å². The molecule has 3 nitrogen and oxygen atoms in total. The number of rotatable bonds is 0. The summed E-state index contributed by atoms with van der Waals surface area (Å²) < 4.78 is 1.89. The number of aryl methyl sites for hydroxylation is 1. The monoisotopic (exact) mass is 167 g/mol. The number of nitrogens with one attached hydrogen (secondary N) is 1. The first-order valence-electron chi connectivity index (χ1n) is 4.58. The second kappa shape index (κ2) is 4.26. The van der Waals surface area contributed by atoms with Crippen LogP contribution < -0.4 is 5.32 Å². The number of hydrogen-bond donors (Lipinski definition) is 1. The fraction of sp³-hybridized carbons (Fsp3) is 0.667. The first-order chi connectivity index (χ1) is 5.86. The predicted molar refractivity (Wildman–Crippen MR) is 50.0 cm³/mol. The van der Waals surface area contributed by atoms with E-state index in [1.807, 2.05) is 25.6 Å². The molecule has 1 aromatic heterocycles. The van der Waals surface area contributed by atoms with Gasteiger partial charge in [0, 0.05) is 38.3 Å². The zero-order valence-corrected chi connectivity index (χ0v) is 8.09. The smallest absolute Gasteiger partial charge is 0.0682 e. The zero-order valence-electron chi connectivity index (χ0n) is 8.09. The van der Waals surface area contributed by atoms with Crippen molar-refractivity contribution >= 4 is 0 Å². The third-order valence-electron chi connectivity index (χ3n) is 1.85. The quantitative estimate of drug-likeness (QED) is 0.627. The van der Waals surface area contributed by atoms with Crippen LogP contribution >= 0.6 is 0 Å². The maximum absolute atomic E-state index is 4.33. The average molecular weight is 167 g/mol. The Morgan fingerprint density at radius 2 is 2.25 bits per heavy atom. The molecule has 1 aliphatic heterocycles. The fourth-order valence-electron chi connectivity index (χ4n) is 1.37. The number of aromatic nitrogens is 2. The molecule has 0 amide bonds. The van der Waals surface area contributed by atoms with Gasteiger partial charge in [0.2, 0.25) is 0 Å². The molecule has 0 aromatic carbocycles. The lowest BCUT2D eigenvalue weighted by molar-refractivity contribution is 0.632. The molecule has 3 heteroatoms. The van der Waals surface area contributed by atoms with Crippen molar-refractivity contribution in [2.45, 2.75) is 26.8 Å². The fourth-order valence-corrected chi connectivity index (χ4v) is 1.37. The first kappa shape index (κ1) is 9.26. The summed E-state index contributed by atoms with van der Waals surface area (Å²) >= 11 is 0. The Balaban J connectivity index is 0.000000336. The average Bonchev–Trinajstić information content (AvgIpc) is 2.48. The number of hydrogen-bond acceptors (Lipinski definition) is 2. The second-order valence-electron chi connectivity index (χ2n) is 2.70. The first-order valence-corrected chi connectivity index (χ1v) is 4.58. The Bertz CT molecular complexity index is 216. The largest absolute Gasteiger partial charge is 0.312 e. The summed E-state index contributed by atoms with van der Waals surface area (Å²) in [6, 6.07) is 0. The molecule has 0 fully saturated rings. The van der Waals surface area contributed by atoms with Crippen LogP contribution in [-0.4, -0.2) is 16.3 Å². The Hall–Kier alpha value is -0.830. The van der Waals surface area contributed by atoms with E-state index in [9.17, 15) is 0 Å². The van der Waals surface area contributed by atoms with Crippen molar-refractivity contribution in [3.63, 3.8) is 0 Å². The Morgan fingerprint density at radius 3 is 2.92 bits per heavy atom. The molecule has 0 saturated heterocycles. The van der Waals surface area contributed by atoms with Crippen molar-refractivity contribution in [2.75, 3.05) is 6.54 Å². The molecular formula is C9H17N3. The van der Waals surface area contributed by atoms with Gasteiger partial charge < -0.3 is 5.32 Å². The molecule has 0 saturated carbocycles. The third-order valence-corrected chi connectivity index (χ3v) is 1.85. The van der Waals surface area contributed by atoms with Crippen LogP contribution in [0.5, 0.6) is 0 Å². The van der Waals surface area contributed by atoms with Gasteiger partial charge in [-0.05, 0) is 0 Å².